The van der Waals surface area contributed by atoms with Crippen LogP contribution in [0.3, 0.4) is 0 Å². The van der Waals surface area contributed by atoms with E-state index in [-0.39, 0.29) is 18.3 Å². The van der Waals surface area contributed by atoms with Crippen LogP contribution in [0, 0.1) is 10.1 Å². The molecule has 2 amide bonds. The Morgan fingerprint density at radius 2 is 2.06 bits per heavy atom. The lowest BCUT2D eigenvalue weighted by Crippen LogP contribution is -2.39. The van der Waals surface area contributed by atoms with Crippen LogP contribution >= 0.6 is 0 Å². The number of aliphatic hydroxyl groups is 1. The van der Waals surface area contributed by atoms with Crippen molar-refractivity contribution in [2.45, 2.75) is 19.4 Å². The smallest absolute Gasteiger partial charge is 0.319 e. The van der Waals surface area contributed by atoms with Gasteiger partial charge >= 0.3 is 6.03 Å². The zero-order chi connectivity index (χ0) is 13.5. The van der Waals surface area contributed by atoms with Gasteiger partial charge in [-0.2, -0.15) is 0 Å². The molecule has 18 heavy (non-hydrogen) atoms. The van der Waals surface area contributed by atoms with Crippen LogP contribution in [0.1, 0.15) is 13.3 Å². The number of urea groups is 1. The van der Waals surface area contributed by atoms with Crippen molar-refractivity contribution in [3.05, 3.63) is 34.4 Å². The van der Waals surface area contributed by atoms with Crippen molar-refractivity contribution < 1.29 is 14.8 Å². The molecule has 1 aromatic carbocycles. The fourth-order valence-corrected chi connectivity index (χ4v) is 1.30. The third-order valence-corrected chi connectivity index (χ3v) is 2.38. The predicted octanol–water partition coefficient (Wildman–Crippen LogP) is 1.49. The molecule has 1 rings (SSSR count). The lowest BCUT2D eigenvalue weighted by molar-refractivity contribution is -0.384. The minimum absolute atomic E-state index is 0.0391. The number of hydrogen-bond donors (Lipinski definition) is 3. The average Bonchev–Trinajstić information content (AvgIpc) is 2.36. The van der Waals surface area contributed by atoms with Crippen LogP contribution < -0.4 is 10.6 Å². The molecule has 0 radical (unpaired) electrons. The Labute approximate surface area is 104 Å². The number of nitro groups is 1. The third kappa shape index (κ3) is 4.02. The Morgan fingerprint density at radius 3 is 2.50 bits per heavy atom. The average molecular weight is 253 g/mol. The van der Waals surface area contributed by atoms with Gasteiger partial charge in [0.1, 0.15) is 0 Å². The minimum Gasteiger partial charge on any atom is -0.394 e. The van der Waals surface area contributed by atoms with Gasteiger partial charge < -0.3 is 15.7 Å². The van der Waals surface area contributed by atoms with Gasteiger partial charge in [0.15, 0.2) is 0 Å². The molecule has 0 fully saturated rings. The van der Waals surface area contributed by atoms with Crippen LogP contribution in [0.5, 0.6) is 0 Å². The van der Waals surface area contributed by atoms with Crippen molar-refractivity contribution in [3.63, 3.8) is 0 Å². The second-order valence-electron chi connectivity index (χ2n) is 3.69. The van der Waals surface area contributed by atoms with E-state index in [1.54, 1.807) is 0 Å². The van der Waals surface area contributed by atoms with Gasteiger partial charge in [-0.15, -0.1) is 0 Å². The molecule has 1 aromatic rings. The van der Waals surface area contributed by atoms with Crippen molar-refractivity contribution in [1.29, 1.82) is 0 Å². The van der Waals surface area contributed by atoms with E-state index in [0.29, 0.717) is 12.1 Å². The van der Waals surface area contributed by atoms with Crippen molar-refractivity contribution >= 4 is 17.4 Å². The van der Waals surface area contributed by atoms with Crippen molar-refractivity contribution in [1.82, 2.24) is 5.32 Å². The van der Waals surface area contributed by atoms with E-state index >= 15 is 0 Å². The summed E-state index contributed by atoms with van der Waals surface area (Å²) in [6.07, 6.45) is 0.615. The van der Waals surface area contributed by atoms with E-state index in [1.165, 1.54) is 24.3 Å². The zero-order valence-electron chi connectivity index (χ0n) is 9.92. The van der Waals surface area contributed by atoms with E-state index in [0.717, 1.165) is 0 Å². The second-order valence-corrected chi connectivity index (χ2v) is 3.69. The Kier molecular flexibility index (Phi) is 5.06. The first-order chi connectivity index (χ1) is 8.56. The Bertz CT molecular complexity index is 415. The maximum atomic E-state index is 11.5. The standard InChI is InChI=1S/C11H15N3O4/c1-2-8(7-15)12-11(16)13-9-3-5-10(6-4-9)14(17)18/h3-6,8,15H,2,7H2,1H3,(H2,12,13,16). The normalized spacial score (nSPS) is 11.7. The molecule has 7 nitrogen and oxygen atoms in total. The number of carbonyl (C=O) groups excluding carboxylic acids is 1. The van der Waals surface area contributed by atoms with Crippen LogP contribution in [-0.2, 0) is 0 Å². The maximum Gasteiger partial charge on any atom is 0.319 e. The quantitative estimate of drug-likeness (QED) is 0.546. The summed E-state index contributed by atoms with van der Waals surface area (Å²) in [6, 6.07) is 4.74. The molecule has 0 heterocycles. The summed E-state index contributed by atoms with van der Waals surface area (Å²) in [5.74, 6) is 0. The highest BCUT2D eigenvalue weighted by Gasteiger charge is 2.10. The van der Waals surface area contributed by atoms with Gasteiger partial charge in [0.25, 0.3) is 5.69 Å². The topological polar surface area (TPSA) is 104 Å². The highest BCUT2D eigenvalue weighted by molar-refractivity contribution is 5.89. The summed E-state index contributed by atoms with van der Waals surface area (Å²) >= 11 is 0. The summed E-state index contributed by atoms with van der Waals surface area (Å²) < 4.78 is 0. The molecule has 1 atom stereocenters. The number of benzene rings is 1. The number of non-ortho nitro benzene ring substituents is 1. The van der Waals surface area contributed by atoms with Gasteiger partial charge in [0.2, 0.25) is 0 Å². The fourth-order valence-electron chi connectivity index (χ4n) is 1.30. The van der Waals surface area contributed by atoms with Crippen molar-refractivity contribution in [3.8, 4) is 0 Å². The first-order valence-corrected chi connectivity index (χ1v) is 5.49. The third-order valence-electron chi connectivity index (χ3n) is 2.38. The van der Waals surface area contributed by atoms with Crippen molar-refractivity contribution in [2.75, 3.05) is 11.9 Å². The largest absolute Gasteiger partial charge is 0.394 e. The molecule has 0 aliphatic heterocycles. The fraction of sp³-hybridized carbons (Fsp3) is 0.364. The molecule has 0 aliphatic carbocycles. The van der Waals surface area contributed by atoms with Gasteiger partial charge in [-0.25, -0.2) is 4.79 Å². The Morgan fingerprint density at radius 1 is 1.44 bits per heavy atom. The monoisotopic (exact) mass is 253 g/mol. The highest BCUT2D eigenvalue weighted by atomic mass is 16.6. The summed E-state index contributed by atoms with van der Waals surface area (Å²) in [4.78, 5) is 21.4. The first kappa shape index (κ1) is 13.9. The number of nitro benzene ring substituents is 1. The van der Waals surface area contributed by atoms with Gasteiger partial charge in [0.05, 0.1) is 17.6 Å². The zero-order valence-corrected chi connectivity index (χ0v) is 9.92. The van der Waals surface area contributed by atoms with Crippen LogP contribution in [0.15, 0.2) is 24.3 Å². The number of anilines is 1. The Balaban J connectivity index is 2.56. The number of hydrogen-bond acceptors (Lipinski definition) is 4. The summed E-state index contributed by atoms with van der Waals surface area (Å²) in [5, 5.41) is 24.4. The molecule has 0 bridgehead atoms. The van der Waals surface area contributed by atoms with Gasteiger partial charge in [-0.3, -0.25) is 10.1 Å². The lowest BCUT2D eigenvalue weighted by Gasteiger charge is -2.14. The lowest BCUT2D eigenvalue weighted by atomic mass is 10.2. The van der Waals surface area contributed by atoms with E-state index in [4.69, 9.17) is 5.11 Å². The molecule has 0 saturated heterocycles. The Hall–Kier alpha value is -2.15. The molecule has 7 heteroatoms. The number of amides is 2. The molecule has 0 aromatic heterocycles. The minimum atomic E-state index is -0.511. The molecule has 0 aliphatic rings. The molecular formula is C11H15N3O4. The molecule has 0 saturated carbocycles. The first-order valence-electron chi connectivity index (χ1n) is 5.49. The van der Waals surface area contributed by atoms with Gasteiger partial charge in [-0.05, 0) is 18.6 Å². The van der Waals surface area contributed by atoms with E-state index in [1.807, 2.05) is 6.92 Å². The summed E-state index contributed by atoms with van der Waals surface area (Å²) in [6.45, 7) is 1.71. The van der Waals surface area contributed by atoms with E-state index < -0.39 is 11.0 Å². The highest BCUT2D eigenvalue weighted by Crippen LogP contribution is 2.15. The summed E-state index contributed by atoms with van der Waals surface area (Å²) in [7, 11) is 0. The van der Waals surface area contributed by atoms with Crippen molar-refractivity contribution in [2.24, 2.45) is 0 Å². The molecular weight excluding hydrogens is 238 g/mol. The molecule has 3 N–H and O–H groups in total. The number of nitrogens with zero attached hydrogens (tertiary/aromatic N) is 1. The van der Waals surface area contributed by atoms with Crippen LogP contribution in [0.25, 0.3) is 0 Å². The van der Waals surface area contributed by atoms with E-state index in [9.17, 15) is 14.9 Å². The number of aliphatic hydroxyl groups excluding tert-OH is 1. The molecule has 1 unspecified atom stereocenters. The van der Waals surface area contributed by atoms with Gasteiger partial charge in [-0.1, -0.05) is 6.92 Å². The predicted molar refractivity (Wildman–Crippen MR) is 66.4 cm³/mol. The molecule has 98 valence electrons. The van der Waals surface area contributed by atoms with Crippen LogP contribution in [0.4, 0.5) is 16.2 Å². The second kappa shape index (κ2) is 6.55. The number of rotatable bonds is 5. The molecule has 0 spiro atoms. The van der Waals surface area contributed by atoms with Gasteiger partial charge in [0, 0.05) is 17.8 Å². The van der Waals surface area contributed by atoms with E-state index in [2.05, 4.69) is 10.6 Å². The maximum absolute atomic E-state index is 11.5. The van der Waals surface area contributed by atoms with Crippen LogP contribution in [-0.4, -0.2) is 28.7 Å². The number of carbonyl (C=O) groups is 1. The summed E-state index contributed by atoms with van der Waals surface area (Å²) in [5.41, 5.74) is 0.411. The SMILES string of the molecule is CCC(CO)NC(=O)Nc1ccc([N+](=O)[O-])cc1. The number of nitrogens with one attached hydrogen (secondary N) is 2. The van der Waals surface area contributed by atoms with Crippen LogP contribution in [0.2, 0.25) is 0 Å².